The van der Waals surface area contributed by atoms with Gasteiger partial charge in [0, 0.05) is 24.1 Å². The van der Waals surface area contributed by atoms with E-state index in [1.54, 1.807) is 0 Å². The third-order valence-corrected chi connectivity index (χ3v) is 3.81. The molecule has 0 spiro atoms. The Hall–Kier alpha value is -1.62. The number of hydrogen-bond donors (Lipinski definition) is 2. The molecule has 0 saturated heterocycles. The first-order valence-corrected chi connectivity index (χ1v) is 6.91. The second-order valence-corrected chi connectivity index (χ2v) is 5.23. The first-order chi connectivity index (χ1) is 9.33. The maximum Gasteiger partial charge on any atom is 0.225 e. The van der Waals surface area contributed by atoms with Crippen molar-refractivity contribution in [2.75, 3.05) is 11.9 Å². The van der Waals surface area contributed by atoms with Crippen molar-refractivity contribution >= 4 is 11.7 Å². The Labute approximate surface area is 112 Å². The zero-order chi connectivity index (χ0) is 13.1. The van der Waals surface area contributed by atoms with E-state index >= 15 is 0 Å². The van der Waals surface area contributed by atoms with Crippen LogP contribution in [0.1, 0.15) is 36.9 Å². The van der Waals surface area contributed by atoms with Gasteiger partial charge in [0.2, 0.25) is 5.91 Å². The fourth-order valence-electron chi connectivity index (χ4n) is 2.70. The highest BCUT2D eigenvalue weighted by molar-refractivity contribution is 5.90. The molecule has 1 atom stereocenters. The van der Waals surface area contributed by atoms with E-state index in [1.165, 1.54) is 0 Å². The summed E-state index contributed by atoms with van der Waals surface area (Å²) in [6, 6.07) is 0. The topological polar surface area (TPSA) is 67.0 Å². The van der Waals surface area contributed by atoms with E-state index < -0.39 is 0 Å². The molecule has 0 unspecified atom stereocenters. The molecule has 1 aliphatic heterocycles. The number of ether oxygens (including phenoxy) is 1. The average molecular weight is 261 g/mol. The lowest BCUT2D eigenvalue weighted by atomic mass is 9.91. The van der Waals surface area contributed by atoms with Crippen molar-refractivity contribution in [3.63, 3.8) is 0 Å². The summed E-state index contributed by atoms with van der Waals surface area (Å²) in [4.78, 5) is 12.0. The van der Waals surface area contributed by atoms with Crippen LogP contribution < -0.4 is 5.32 Å². The van der Waals surface area contributed by atoms with Gasteiger partial charge in [-0.05, 0) is 25.2 Å². The summed E-state index contributed by atoms with van der Waals surface area (Å²) < 4.78 is 5.41. The second-order valence-electron chi connectivity index (χ2n) is 5.23. The van der Waals surface area contributed by atoms with Crippen LogP contribution in [-0.4, -0.2) is 22.7 Å². The van der Waals surface area contributed by atoms with Gasteiger partial charge >= 0.3 is 0 Å². The standard InChI is InChI=1S/C14H19N3O2/c18-13(8-10-4-2-1-3-5-10)15-14-11-9-19-7-6-12(11)16-17-14/h1-2,10H,3-9H2,(H2,15,16,17,18)/t10-/m1/s1. The number of hydrogen-bond acceptors (Lipinski definition) is 3. The summed E-state index contributed by atoms with van der Waals surface area (Å²) in [5.74, 6) is 1.17. The quantitative estimate of drug-likeness (QED) is 0.819. The SMILES string of the molecule is O=C(C[C@@H]1CC=CCC1)Nc1n[nH]c2c1COCC2. The Balaban J connectivity index is 1.60. The number of aromatic nitrogens is 2. The van der Waals surface area contributed by atoms with Crippen molar-refractivity contribution < 1.29 is 9.53 Å². The van der Waals surface area contributed by atoms with E-state index in [0.29, 0.717) is 24.8 Å². The highest BCUT2D eigenvalue weighted by Gasteiger charge is 2.20. The zero-order valence-electron chi connectivity index (χ0n) is 10.9. The van der Waals surface area contributed by atoms with Gasteiger partial charge in [-0.2, -0.15) is 5.10 Å². The van der Waals surface area contributed by atoms with Crippen molar-refractivity contribution in [2.24, 2.45) is 5.92 Å². The number of nitrogens with zero attached hydrogens (tertiary/aromatic N) is 1. The van der Waals surface area contributed by atoms with Crippen LogP contribution in [0.2, 0.25) is 0 Å². The number of anilines is 1. The molecule has 1 amide bonds. The van der Waals surface area contributed by atoms with Gasteiger partial charge in [0.15, 0.2) is 5.82 Å². The number of H-pyrrole nitrogens is 1. The van der Waals surface area contributed by atoms with Crippen LogP contribution in [0, 0.1) is 5.92 Å². The maximum atomic E-state index is 12.0. The molecule has 5 nitrogen and oxygen atoms in total. The molecular formula is C14H19N3O2. The first-order valence-electron chi connectivity index (χ1n) is 6.91. The van der Waals surface area contributed by atoms with Crippen molar-refractivity contribution in [3.05, 3.63) is 23.4 Å². The zero-order valence-corrected chi connectivity index (χ0v) is 10.9. The van der Waals surface area contributed by atoms with Crippen LogP contribution in [0.5, 0.6) is 0 Å². The highest BCUT2D eigenvalue weighted by Crippen LogP contribution is 2.24. The molecule has 3 rings (SSSR count). The van der Waals surface area contributed by atoms with Crippen LogP contribution in [0.4, 0.5) is 5.82 Å². The van der Waals surface area contributed by atoms with Gasteiger partial charge in [-0.3, -0.25) is 9.89 Å². The summed E-state index contributed by atoms with van der Waals surface area (Å²) >= 11 is 0. The highest BCUT2D eigenvalue weighted by atomic mass is 16.5. The van der Waals surface area contributed by atoms with Crippen molar-refractivity contribution in [1.29, 1.82) is 0 Å². The number of allylic oxidation sites excluding steroid dienone is 2. The predicted molar refractivity (Wildman–Crippen MR) is 71.7 cm³/mol. The van der Waals surface area contributed by atoms with E-state index in [9.17, 15) is 4.79 Å². The number of carbonyl (C=O) groups is 1. The van der Waals surface area contributed by atoms with Gasteiger partial charge in [-0.15, -0.1) is 0 Å². The van der Waals surface area contributed by atoms with Gasteiger partial charge in [-0.1, -0.05) is 12.2 Å². The van der Waals surface area contributed by atoms with Crippen LogP contribution >= 0.6 is 0 Å². The lowest BCUT2D eigenvalue weighted by molar-refractivity contribution is -0.117. The van der Waals surface area contributed by atoms with Crippen LogP contribution in [-0.2, 0) is 22.6 Å². The number of aromatic amines is 1. The number of amides is 1. The normalized spacial score (nSPS) is 22.0. The largest absolute Gasteiger partial charge is 0.376 e. The van der Waals surface area contributed by atoms with Gasteiger partial charge in [0.1, 0.15) is 0 Å². The Morgan fingerprint density at radius 2 is 2.47 bits per heavy atom. The Morgan fingerprint density at radius 1 is 1.53 bits per heavy atom. The van der Waals surface area contributed by atoms with Gasteiger partial charge in [-0.25, -0.2) is 0 Å². The molecule has 0 saturated carbocycles. The van der Waals surface area contributed by atoms with Crippen LogP contribution in [0.25, 0.3) is 0 Å². The summed E-state index contributed by atoms with van der Waals surface area (Å²) in [6.45, 7) is 1.25. The molecule has 2 aliphatic rings. The fraction of sp³-hybridized carbons (Fsp3) is 0.571. The van der Waals surface area contributed by atoms with E-state index in [-0.39, 0.29) is 5.91 Å². The smallest absolute Gasteiger partial charge is 0.225 e. The fourth-order valence-corrected chi connectivity index (χ4v) is 2.70. The molecule has 2 N–H and O–H groups in total. The summed E-state index contributed by atoms with van der Waals surface area (Å²) in [7, 11) is 0. The molecule has 5 heteroatoms. The molecule has 1 aliphatic carbocycles. The molecule has 0 fully saturated rings. The molecule has 0 aromatic carbocycles. The Bertz CT molecular complexity index is 493. The Kier molecular flexibility index (Phi) is 3.64. The minimum absolute atomic E-state index is 0.0557. The molecule has 1 aromatic rings. The van der Waals surface area contributed by atoms with E-state index in [2.05, 4.69) is 27.7 Å². The predicted octanol–water partition coefficient (Wildman–Crippen LogP) is 2.17. The molecule has 0 bridgehead atoms. The summed E-state index contributed by atoms with van der Waals surface area (Å²) in [5.41, 5.74) is 2.09. The summed E-state index contributed by atoms with van der Waals surface area (Å²) in [5, 5.41) is 10.1. The second kappa shape index (κ2) is 5.57. The number of carbonyl (C=O) groups excluding carboxylic acids is 1. The number of fused-ring (bicyclic) bond motifs is 1. The van der Waals surface area contributed by atoms with Gasteiger partial charge in [0.25, 0.3) is 0 Å². The van der Waals surface area contributed by atoms with E-state index in [1.807, 2.05) is 0 Å². The monoisotopic (exact) mass is 261 g/mol. The van der Waals surface area contributed by atoms with Crippen LogP contribution in [0.3, 0.4) is 0 Å². The number of rotatable bonds is 3. The minimum atomic E-state index is 0.0557. The van der Waals surface area contributed by atoms with E-state index in [0.717, 1.165) is 43.5 Å². The molecule has 102 valence electrons. The molecule has 2 heterocycles. The maximum absolute atomic E-state index is 12.0. The summed E-state index contributed by atoms with van der Waals surface area (Å²) in [6.07, 6.45) is 8.98. The van der Waals surface area contributed by atoms with Crippen molar-refractivity contribution in [2.45, 2.75) is 38.7 Å². The third kappa shape index (κ3) is 2.87. The lowest BCUT2D eigenvalue weighted by Gasteiger charge is -2.17. The molecule has 1 aromatic heterocycles. The van der Waals surface area contributed by atoms with E-state index in [4.69, 9.17) is 4.74 Å². The van der Waals surface area contributed by atoms with Gasteiger partial charge in [0.05, 0.1) is 13.2 Å². The minimum Gasteiger partial charge on any atom is -0.376 e. The van der Waals surface area contributed by atoms with Crippen LogP contribution in [0.15, 0.2) is 12.2 Å². The van der Waals surface area contributed by atoms with Crippen molar-refractivity contribution in [3.8, 4) is 0 Å². The third-order valence-electron chi connectivity index (χ3n) is 3.81. The number of nitrogens with one attached hydrogen (secondary N) is 2. The van der Waals surface area contributed by atoms with Crippen molar-refractivity contribution in [1.82, 2.24) is 10.2 Å². The molecular weight excluding hydrogens is 242 g/mol. The Morgan fingerprint density at radius 3 is 3.32 bits per heavy atom. The first kappa shape index (κ1) is 12.4. The lowest BCUT2D eigenvalue weighted by Crippen LogP contribution is -2.19. The molecule has 0 radical (unpaired) electrons. The van der Waals surface area contributed by atoms with Gasteiger partial charge < -0.3 is 10.1 Å². The molecule has 19 heavy (non-hydrogen) atoms. The average Bonchev–Trinajstić information content (AvgIpc) is 2.83.